The van der Waals surface area contributed by atoms with Crippen LogP contribution >= 0.6 is 0 Å². The maximum atomic E-state index is 11.7. The molecule has 0 aromatic carbocycles. The van der Waals surface area contributed by atoms with E-state index in [1.54, 1.807) is 13.8 Å². The largest absolute Gasteiger partial charge is 0.465 e. The molecular formula is C14H28N2O3. The lowest BCUT2D eigenvalue weighted by atomic mass is 9.97. The molecule has 0 radical (unpaired) electrons. The van der Waals surface area contributed by atoms with Crippen molar-refractivity contribution in [3.8, 4) is 0 Å². The molecule has 2 unspecified atom stereocenters. The fourth-order valence-electron chi connectivity index (χ4n) is 2.30. The number of hydrogen-bond acceptors (Lipinski definition) is 5. The number of rotatable bonds is 7. The van der Waals surface area contributed by atoms with Crippen LogP contribution in [0, 0.1) is 0 Å². The van der Waals surface area contributed by atoms with Gasteiger partial charge in [0.2, 0.25) is 0 Å². The van der Waals surface area contributed by atoms with E-state index in [1.165, 1.54) is 0 Å². The molecule has 0 amide bonds. The highest BCUT2D eigenvalue weighted by molar-refractivity contribution is 5.79. The summed E-state index contributed by atoms with van der Waals surface area (Å²) in [6, 6.07) is 0. The third kappa shape index (κ3) is 5.47. The molecule has 0 saturated carbocycles. The van der Waals surface area contributed by atoms with Crippen LogP contribution < -0.4 is 5.73 Å². The lowest BCUT2D eigenvalue weighted by Gasteiger charge is -2.33. The predicted octanol–water partition coefficient (Wildman–Crippen LogP) is 1.16. The first-order chi connectivity index (χ1) is 8.99. The Labute approximate surface area is 116 Å². The summed E-state index contributed by atoms with van der Waals surface area (Å²) >= 11 is 0. The molecule has 0 bridgehead atoms. The van der Waals surface area contributed by atoms with Crippen LogP contribution in [0.5, 0.6) is 0 Å². The van der Waals surface area contributed by atoms with Gasteiger partial charge >= 0.3 is 5.97 Å². The van der Waals surface area contributed by atoms with Gasteiger partial charge in [0.25, 0.3) is 0 Å². The third-order valence-electron chi connectivity index (χ3n) is 3.59. The van der Waals surface area contributed by atoms with Gasteiger partial charge < -0.3 is 15.2 Å². The zero-order chi connectivity index (χ0) is 14.3. The van der Waals surface area contributed by atoms with Crippen molar-refractivity contribution >= 4 is 5.97 Å². The second-order valence-electron chi connectivity index (χ2n) is 5.44. The van der Waals surface area contributed by atoms with E-state index >= 15 is 0 Å². The SMILES string of the molecule is CCOC(=O)C(C)(N)CCCN1CCOC(CC)C1. The van der Waals surface area contributed by atoms with Gasteiger partial charge in [0.1, 0.15) is 5.54 Å². The third-order valence-corrected chi connectivity index (χ3v) is 3.59. The summed E-state index contributed by atoms with van der Waals surface area (Å²) < 4.78 is 10.6. The molecule has 112 valence electrons. The van der Waals surface area contributed by atoms with E-state index < -0.39 is 5.54 Å². The fraction of sp³-hybridized carbons (Fsp3) is 0.929. The molecule has 0 aromatic heterocycles. The van der Waals surface area contributed by atoms with Crippen molar-refractivity contribution in [1.82, 2.24) is 4.90 Å². The topological polar surface area (TPSA) is 64.8 Å². The van der Waals surface area contributed by atoms with Crippen molar-refractivity contribution in [2.75, 3.05) is 32.8 Å². The number of carbonyl (C=O) groups excluding carboxylic acids is 1. The first-order valence-electron chi connectivity index (χ1n) is 7.29. The maximum Gasteiger partial charge on any atom is 0.325 e. The first-order valence-corrected chi connectivity index (χ1v) is 7.29. The Morgan fingerprint density at radius 1 is 1.53 bits per heavy atom. The Morgan fingerprint density at radius 3 is 2.89 bits per heavy atom. The van der Waals surface area contributed by atoms with Gasteiger partial charge in [-0.1, -0.05) is 6.92 Å². The summed E-state index contributed by atoms with van der Waals surface area (Å²) in [4.78, 5) is 14.1. The Bertz CT molecular complexity index is 282. The van der Waals surface area contributed by atoms with Crippen molar-refractivity contribution < 1.29 is 14.3 Å². The lowest BCUT2D eigenvalue weighted by molar-refractivity contribution is -0.149. The Morgan fingerprint density at radius 2 is 2.26 bits per heavy atom. The maximum absolute atomic E-state index is 11.7. The van der Waals surface area contributed by atoms with Gasteiger partial charge in [0.05, 0.1) is 19.3 Å². The van der Waals surface area contributed by atoms with E-state index in [-0.39, 0.29) is 5.97 Å². The van der Waals surface area contributed by atoms with Crippen LogP contribution in [0.4, 0.5) is 0 Å². The van der Waals surface area contributed by atoms with Gasteiger partial charge in [-0.3, -0.25) is 9.69 Å². The van der Waals surface area contributed by atoms with Crippen LogP contribution in [-0.4, -0.2) is 55.4 Å². The summed E-state index contributed by atoms with van der Waals surface area (Å²) in [5, 5.41) is 0. The monoisotopic (exact) mass is 272 g/mol. The van der Waals surface area contributed by atoms with E-state index in [4.69, 9.17) is 15.2 Å². The molecule has 2 N–H and O–H groups in total. The van der Waals surface area contributed by atoms with Crippen molar-refractivity contribution in [1.29, 1.82) is 0 Å². The highest BCUT2D eigenvalue weighted by Crippen LogP contribution is 2.14. The standard InChI is InChI=1S/C14H28N2O3/c1-4-12-11-16(9-10-19-12)8-6-7-14(3,15)13(17)18-5-2/h12H,4-11,15H2,1-3H3. The minimum absolute atomic E-state index is 0.302. The van der Waals surface area contributed by atoms with Crippen LogP contribution in [0.25, 0.3) is 0 Å². The van der Waals surface area contributed by atoms with E-state index in [9.17, 15) is 4.79 Å². The zero-order valence-electron chi connectivity index (χ0n) is 12.5. The van der Waals surface area contributed by atoms with E-state index in [0.717, 1.165) is 39.1 Å². The number of carbonyl (C=O) groups is 1. The van der Waals surface area contributed by atoms with Crippen LogP contribution in [0.3, 0.4) is 0 Å². The van der Waals surface area contributed by atoms with Gasteiger partial charge in [-0.25, -0.2) is 0 Å². The van der Waals surface area contributed by atoms with Crippen LogP contribution in [-0.2, 0) is 14.3 Å². The molecule has 1 fully saturated rings. The average Bonchev–Trinajstić information content (AvgIpc) is 2.39. The average molecular weight is 272 g/mol. The minimum atomic E-state index is -0.869. The molecule has 5 nitrogen and oxygen atoms in total. The second kappa shape index (κ2) is 7.82. The van der Waals surface area contributed by atoms with Gasteiger partial charge in [0.15, 0.2) is 0 Å². The Kier molecular flexibility index (Phi) is 6.75. The summed E-state index contributed by atoms with van der Waals surface area (Å²) in [6.07, 6.45) is 2.96. The molecule has 2 atom stereocenters. The van der Waals surface area contributed by atoms with Crippen molar-refractivity contribution in [3.05, 3.63) is 0 Å². The molecule has 5 heteroatoms. The van der Waals surface area contributed by atoms with E-state index in [0.29, 0.717) is 19.1 Å². The number of nitrogens with zero attached hydrogens (tertiary/aromatic N) is 1. The van der Waals surface area contributed by atoms with Crippen molar-refractivity contribution in [2.24, 2.45) is 5.73 Å². The number of esters is 1. The zero-order valence-corrected chi connectivity index (χ0v) is 12.5. The molecule has 1 rings (SSSR count). The summed E-state index contributed by atoms with van der Waals surface area (Å²) in [5.41, 5.74) is 5.13. The van der Waals surface area contributed by atoms with E-state index in [1.807, 2.05) is 0 Å². The highest BCUT2D eigenvalue weighted by Gasteiger charge is 2.29. The van der Waals surface area contributed by atoms with Gasteiger partial charge in [-0.15, -0.1) is 0 Å². The molecule has 1 aliphatic rings. The summed E-state index contributed by atoms with van der Waals surface area (Å²) in [5.74, 6) is -0.302. The number of morpholine rings is 1. The number of hydrogen-bond donors (Lipinski definition) is 1. The summed E-state index contributed by atoms with van der Waals surface area (Å²) in [7, 11) is 0. The smallest absolute Gasteiger partial charge is 0.325 e. The molecule has 19 heavy (non-hydrogen) atoms. The first kappa shape index (κ1) is 16.4. The quantitative estimate of drug-likeness (QED) is 0.705. The fourth-order valence-corrected chi connectivity index (χ4v) is 2.30. The highest BCUT2D eigenvalue weighted by atomic mass is 16.5. The van der Waals surface area contributed by atoms with Crippen LogP contribution in [0.15, 0.2) is 0 Å². The number of ether oxygens (including phenoxy) is 2. The predicted molar refractivity (Wildman–Crippen MR) is 74.9 cm³/mol. The molecule has 1 aliphatic heterocycles. The van der Waals surface area contributed by atoms with Gasteiger partial charge in [0, 0.05) is 13.1 Å². The normalized spacial score (nSPS) is 23.9. The van der Waals surface area contributed by atoms with Crippen molar-refractivity contribution in [2.45, 2.75) is 51.7 Å². The molecule has 1 saturated heterocycles. The van der Waals surface area contributed by atoms with Gasteiger partial charge in [-0.2, -0.15) is 0 Å². The van der Waals surface area contributed by atoms with E-state index in [2.05, 4.69) is 11.8 Å². The second-order valence-corrected chi connectivity index (χ2v) is 5.44. The molecule has 0 aliphatic carbocycles. The van der Waals surface area contributed by atoms with Crippen molar-refractivity contribution in [3.63, 3.8) is 0 Å². The van der Waals surface area contributed by atoms with Crippen LogP contribution in [0.2, 0.25) is 0 Å². The minimum Gasteiger partial charge on any atom is -0.465 e. The molecule has 0 aromatic rings. The summed E-state index contributed by atoms with van der Waals surface area (Å²) in [6.45, 7) is 9.79. The number of nitrogens with two attached hydrogens (primary N) is 1. The lowest BCUT2D eigenvalue weighted by Crippen LogP contribution is -2.47. The Balaban J connectivity index is 2.27. The molecule has 0 spiro atoms. The molecular weight excluding hydrogens is 244 g/mol. The Hall–Kier alpha value is -0.650. The van der Waals surface area contributed by atoms with Crippen LogP contribution in [0.1, 0.15) is 40.0 Å². The van der Waals surface area contributed by atoms with Gasteiger partial charge in [-0.05, 0) is 39.7 Å². The molecule has 1 heterocycles.